The van der Waals surface area contributed by atoms with E-state index in [-0.39, 0.29) is 12.5 Å². The third kappa shape index (κ3) is 3.60. The Morgan fingerprint density at radius 1 is 1.33 bits per heavy atom. The minimum atomic E-state index is -1.42. The van der Waals surface area contributed by atoms with Gasteiger partial charge in [0, 0.05) is 5.56 Å². The maximum Gasteiger partial charge on any atom is 0.339 e. The summed E-state index contributed by atoms with van der Waals surface area (Å²) in [6.45, 7) is 5.69. The van der Waals surface area contributed by atoms with Crippen LogP contribution in [0.15, 0.2) is 6.07 Å². The van der Waals surface area contributed by atoms with Crippen LogP contribution in [0.2, 0.25) is 5.02 Å². The molecule has 5 nitrogen and oxygen atoms in total. The summed E-state index contributed by atoms with van der Waals surface area (Å²) in [5, 5.41) is 10.6. The Hall–Kier alpha value is -1.46. The first-order valence-corrected chi connectivity index (χ1v) is 7.05. The van der Waals surface area contributed by atoms with Gasteiger partial charge >= 0.3 is 5.97 Å². The van der Waals surface area contributed by atoms with Gasteiger partial charge in [0.2, 0.25) is 0 Å². The number of carbonyl (C=O) groups is 1. The Labute approximate surface area is 129 Å². The number of carbonyl (C=O) groups excluding carboxylic acids is 1. The third-order valence-electron chi connectivity index (χ3n) is 3.06. The number of hydrogen-bond acceptors (Lipinski definition) is 5. The second-order valence-corrected chi connectivity index (χ2v) is 5.12. The van der Waals surface area contributed by atoms with Crippen molar-refractivity contribution in [1.82, 2.24) is 0 Å². The lowest BCUT2D eigenvalue weighted by Gasteiger charge is -2.22. The molecule has 21 heavy (non-hydrogen) atoms. The third-order valence-corrected chi connectivity index (χ3v) is 3.44. The van der Waals surface area contributed by atoms with E-state index in [1.54, 1.807) is 13.0 Å². The molecule has 0 aromatic heterocycles. The molecule has 1 atom stereocenters. The monoisotopic (exact) mass is 316 g/mol. The molecule has 1 N–H and O–H groups in total. The van der Waals surface area contributed by atoms with Gasteiger partial charge in [0.25, 0.3) is 0 Å². The molecule has 0 radical (unpaired) electrons. The summed E-state index contributed by atoms with van der Waals surface area (Å²) in [5.74, 6) is -0.00741. The molecule has 1 unspecified atom stereocenters. The van der Waals surface area contributed by atoms with Gasteiger partial charge in [-0.15, -0.1) is 0 Å². The van der Waals surface area contributed by atoms with Gasteiger partial charge in [-0.05, 0) is 24.5 Å². The molecule has 0 saturated heterocycles. The van der Waals surface area contributed by atoms with E-state index in [4.69, 9.17) is 25.8 Å². The van der Waals surface area contributed by atoms with Crippen molar-refractivity contribution in [2.45, 2.75) is 32.8 Å². The number of halogens is 1. The molecule has 0 saturated carbocycles. The predicted molar refractivity (Wildman–Crippen MR) is 80.2 cm³/mol. The van der Waals surface area contributed by atoms with Crippen LogP contribution in [0.1, 0.15) is 43.9 Å². The number of aliphatic hydroxyl groups is 1. The number of hydrogen-bond donors (Lipinski definition) is 1. The van der Waals surface area contributed by atoms with Crippen molar-refractivity contribution in [3.63, 3.8) is 0 Å². The number of benzene rings is 1. The van der Waals surface area contributed by atoms with Crippen molar-refractivity contribution >= 4 is 17.6 Å². The highest BCUT2D eigenvalue weighted by Crippen LogP contribution is 2.44. The molecule has 0 aliphatic carbocycles. The van der Waals surface area contributed by atoms with Gasteiger partial charge in [0.05, 0.1) is 25.8 Å². The molecule has 0 spiro atoms. The van der Waals surface area contributed by atoms with E-state index in [1.807, 2.05) is 13.8 Å². The van der Waals surface area contributed by atoms with E-state index in [9.17, 15) is 9.90 Å². The second kappa shape index (κ2) is 7.52. The smallest absolute Gasteiger partial charge is 0.339 e. The van der Waals surface area contributed by atoms with Gasteiger partial charge in [-0.2, -0.15) is 0 Å². The summed E-state index contributed by atoms with van der Waals surface area (Å²) in [5.41, 5.74) is 1.00. The standard InChI is InChI=1S/C15H21ClO5/c1-6-21-15(18)13(17)9-7-10(19-4)14(20-5)12(16)11(9)8(2)3/h7-8,13,17H,6H2,1-5H3. The van der Waals surface area contributed by atoms with E-state index in [2.05, 4.69) is 0 Å². The molecule has 0 heterocycles. The number of aliphatic hydroxyl groups excluding tert-OH is 1. The average molecular weight is 317 g/mol. The largest absolute Gasteiger partial charge is 0.493 e. The molecule has 6 heteroatoms. The first-order chi connectivity index (χ1) is 9.88. The van der Waals surface area contributed by atoms with Gasteiger partial charge in [0.1, 0.15) is 0 Å². The predicted octanol–water partition coefficient (Wildman–Crippen LogP) is 3.08. The van der Waals surface area contributed by atoms with Gasteiger partial charge < -0.3 is 19.3 Å². The fraction of sp³-hybridized carbons (Fsp3) is 0.533. The molecule has 0 bridgehead atoms. The highest BCUT2D eigenvalue weighted by molar-refractivity contribution is 6.33. The lowest BCUT2D eigenvalue weighted by Crippen LogP contribution is -2.18. The van der Waals surface area contributed by atoms with E-state index in [1.165, 1.54) is 14.2 Å². The highest BCUT2D eigenvalue weighted by Gasteiger charge is 2.28. The molecular weight excluding hydrogens is 296 g/mol. The Balaban J connectivity index is 3.49. The first-order valence-electron chi connectivity index (χ1n) is 6.67. The van der Waals surface area contributed by atoms with Crippen LogP contribution >= 0.6 is 11.6 Å². The number of ether oxygens (including phenoxy) is 3. The van der Waals surface area contributed by atoms with Crippen LogP contribution in [0.25, 0.3) is 0 Å². The molecule has 0 aliphatic rings. The zero-order chi connectivity index (χ0) is 16.2. The average Bonchev–Trinajstić information content (AvgIpc) is 2.44. The van der Waals surface area contributed by atoms with Crippen molar-refractivity contribution < 1.29 is 24.1 Å². The van der Waals surface area contributed by atoms with Crippen molar-refractivity contribution in [1.29, 1.82) is 0 Å². The van der Waals surface area contributed by atoms with Crippen molar-refractivity contribution in [2.24, 2.45) is 0 Å². The van der Waals surface area contributed by atoms with Crippen LogP contribution in [-0.4, -0.2) is 31.9 Å². The summed E-state index contributed by atoms with van der Waals surface area (Å²) >= 11 is 6.35. The Kier molecular flexibility index (Phi) is 6.30. The Bertz CT molecular complexity index is 513. The fourth-order valence-corrected chi connectivity index (χ4v) is 2.64. The second-order valence-electron chi connectivity index (χ2n) is 4.74. The molecule has 0 amide bonds. The Morgan fingerprint density at radius 2 is 1.95 bits per heavy atom. The summed E-state index contributed by atoms with van der Waals surface area (Å²) in [6.07, 6.45) is -1.42. The van der Waals surface area contributed by atoms with Gasteiger partial charge in [-0.3, -0.25) is 0 Å². The van der Waals surface area contributed by atoms with E-state index < -0.39 is 12.1 Å². The van der Waals surface area contributed by atoms with E-state index in [0.717, 1.165) is 0 Å². The molecule has 0 aliphatic heterocycles. The zero-order valence-electron chi connectivity index (χ0n) is 12.9. The minimum absolute atomic E-state index is 0.0172. The number of rotatable bonds is 6. The fourth-order valence-electron chi connectivity index (χ4n) is 2.14. The molecule has 1 rings (SSSR count). The topological polar surface area (TPSA) is 65.0 Å². The molecule has 0 fully saturated rings. The van der Waals surface area contributed by atoms with Crippen LogP contribution in [0.4, 0.5) is 0 Å². The highest BCUT2D eigenvalue weighted by atomic mass is 35.5. The van der Waals surface area contributed by atoms with Gasteiger partial charge in [-0.25, -0.2) is 4.79 Å². The van der Waals surface area contributed by atoms with Crippen molar-refractivity contribution in [2.75, 3.05) is 20.8 Å². The molecule has 118 valence electrons. The van der Waals surface area contributed by atoms with E-state index in [0.29, 0.717) is 27.6 Å². The van der Waals surface area contributed by atoms with Crippen LogP contribution in [0, 0.1) is 0 Å². The summed E-state index contributed by atoms with van der Waals surface area (Å²) < 4.78 is 15.3. The molecule has 1 aromatic rings. The van der Waals surface area contributed by atoms with Crippen molar-refractivity contribution in [3.8, 4) is 11.5 Å². The van der Waals surface area contributed by atoms with Crippen LogP contribution in [0.5, 0.6) is 11.5 Å². The molecular formula is C15H21ClO5. The van der Waals surface area contributed by atoms with Crippen LogP contribution < -0.4 is 9.47 Å². The minimum Gasteiger partial charge on any atom is -0.493 e. The normalized spacial score (nSPS) is 12.2. The van der Waals surface area contributed by atoms with Gasteiger partial charge in [-0.1, -0.05) is 25.4 Å². The molecule has 1 aromatic carbocycles. The number of methoxy groups -OCH3 is 2. The maximum atomic E-state index is 11.8. The summed E-state index contributed by atoms with van der Waals surface area (Å²) in [4.78, 5) is 11.8. The van der Waals surface area contributed by atoms with Gasteiger partial charge in [0.15, 0.2) is 17.6 Å². The maximum absolute atomic E-state index is 11.8. The zero-order valence-corrected chi connectivity index (χ0v) is 13.7. The van der Waals surface area contributed by atoms with Crippen LogP contribution in [-0.2, 0) is 9.53 Å². The first kappa shape index (κ1) is 17.6. The lowest BCUT2D eigenvalue weighted by molar-refractivity contribution is -0.153. The van der Waals surface area contributed by atoms with E-state index >= 15 is 0 Å². The summed E-state index contributed by atoms with van der Waals surface area (Å²) in [7, 11) is 2.94. The quantitative estimate of drug-likeness (QED) is 0.817. The lowest BCUT2D eigenvalue weighted by atomic mass is 9.93. The SMILES string of the molecule is CCOC(=O)C(O)c1cc(OC)c(OC)c(Cl)c1C(C)C. The number of esters is 1. The van der Waals surface area contributed by atoms with Crippen LogP contribution in [0.3, 0.4) is 0 Å². The van der Waals surface area contributed by atoms with Crippen molar-refractivity contribution in [3.05, 3.63) is 22.2 Å². The Morgan fingerprint density at radius 3 is 2.38 bits per heavy atom. The summed E-state index contributed by atoms with van der Waals surface area (Å²) in [6, 6.07) is 1.56.